The quantitative estimate of drug-likeness (QED) is 0.0911. The van der Waals surface area contributed by atoms with Crippen LogP contribution in [0, 0.1) is 15.5 Å². The molecule has 3 aromatic rings. The number of hydrogen-bond acceptors (Lipinski definition) is 7. The van der Waals surface area contributed by atoms with Crippen LogP contribution in [0.2, 0.25) is 5.02 Å². The third-order valence-corrected chi connectivity index (χ3v) is 9.01. The normalized spacial score (nSPS) is 16.7. The fraction of sp³-hybridized carbons (Fsp3) is 0.286. The molecule has 1 unspecified atom stereocenters. The Balaban J connectivity index is 1.63. The van der Waals surface area contributed by atoms with Crippen LogP contribution in [-0.4, -0.2) is 46.6 Å². The van der Waals surface area contributed by atoms with E-state index in [-0.39, 0.29) is 23.6 Å². The van der Waals surface area contributed by atoms with Crippen molar-refractivity contribution in [2.24, 2.45) is 10.5 Å². The number of para-hydroxylation sites is 1. The van der Waals surface area contributed by atoms with Gasteiger partial charge in [-0.25, -0.2) is 4.31 Å². The highest BCUT2D eigenvalue weighted by Crippen LogP contribution is 2.38. The van der Waals surface area contributed by atoms with Gasteiger partial charge >= 0.3 is 0 Å². The topological polar surface area (TPSA) is 79.0 Å². The van der Waals surface area contributed by atoms with Gasteiger partial charge in [-0.05, 0) is 72.9 Å². The first kappa shape index (κ1) is 29.5. The summed E-state index contributed by atoms with van der Waals surface area (Å²) in [6.45, 7) is 2.81. The Morgan fingerprint density at radius 3 is 2.51 bits per heavy atom. The number of nitrogens with zero attached hydrogens (tertiary/aromatic N) is 4. The standard InChI is InChI=1S/C28H28BrClN4O3S2/c1-28(16-5-17-38-2)19-32(31-27(28)20-8-12-22(30)13-9-20)18-26(35)33(23-14-10-21(29)11-15-23)39-25-7-4-3-6-24(25)34(36)37/h3-4,6-15H,5,16-19H2,1-2H3. The zero-order valence-corrected chi connectivity index (χ0v) is 25.5. The molecule has 0 radical (unpaired) electrons. The number of benzene rings is 3. The summed E-state index contributed by atoms with van der Waals surface area (Å²) in [5, 5.41) is 19.1. The number of halogens is 2. The molecule has 4 rings (SSSR count). The summed E-state index contributed by atoms with van der Waals surface area (Å²) in [5.41, 5.74) is 2.25. The maximum absolute atomic E-state index is 13.8. The van der Waals surface area contributed by atoms with Crippen LogP contribution >= 0.6 is 51.2 Å². The van der Waals surface area contributed by atoms with E-state index in [1.807, 2.05) is 65.3 Å². The van der Waals surface area contributed by atoms with E-state index in [0.29, 0.717) is 22.2 Å². The molecule has 0 aliphatic carbocycles. The number of hydrazone groups is 1. The number of rotatable bonds is 11. The number of thioether (sulfide) groups is 1. The Labute approximate surface area is 250 Å². The van der Waals surface area contributed by atoms with Crippen LogP contribution in [0.1, 0.15) is 25.3 Å². The predicted molar refractivity (Wildman–Crippen MR) is 166 cm³/mol. The van der Waals surface area contributed by atoms with Gasteiger partial charge in [-0.1, -0.05) is 58.7 Å². The van der Waals surface area contributed by atoms with Gasteiger partial charge in [0, 0.05) is 39.5 Å². The monoisotopic (exact) mass is 646 g/mol. The van der Waals surface area contributed by atoms with Crippen LogP contribution in [-0.2, 0) is 4.79 Å². The van der Waals surface area contributed by atoms with Gasteiger partial charge in [0.2, 0.25) is 0 Å². The van der Waals surface area contributed by atoms with Crippen molar-refractivity contribution in [3.63, 3.8) is 0 Å². The molecule has 1 heterocycles. The summed E-state index contributed by atoms with van der Waals surface area (Å²) in [5.74, 6) is 0.819. The van der Waals surface area contributed by atoms with Crippen molar-refractivity contribution in [1.29, 1.82) is 0 Å². The predicted octanol–water partition coefficient (Wildman–Crippen LogP) is 7.92. The highest BCUT2D eigenvalue weighted by Gasteiger charge is 2.40. The molecule has 0 saturated heterocycles. The van der Waals surface area contributed by atoms with Crippen LogP contribution in [0.4, 0.5) is 11.4 Å². The summed E-state index contributed by atoms with van der Waals surface area (Å²) < 4.78 is 2.38. The van der Waals surface area contributed by atoms with Gasteiger partial charge in [0.05, 0.1) is 16.3 Å². The van der Waals surface area contributed by atoms with Crippen molar-refractivity contribution in [3.05, 3.63) is 98.0 Å². The zero-order chi connectivity index (χ0) is 28.0. The molecule has 0 aromatic heterocycles. The van der Waals surface area contributed by atoms with E-state index in [1.165, 1.54) is 10.4 Å². The SMILES string of the molecule is CSCCCC1(C)CN(CC(=O)N(Sc2ccccc2[N+](=O)[O-])c2ccc(Br)cc2)N=C1c1ccc(Cl)cc1. The van der Waals surface area contributed by atoms with Crippen LogP contribution in [0.5, 0.6) is 0 Å². The van der Waals surface area contributed by atoms with E-state index < -0.39 is 4.92 Å². The van der Waals surface area contributed by atoms with Gasteiger partial charge in [-0.3, -0.25) is 19.9 Å². The number of hydrogen-bond donors (Lipinski definition) is 0. The Hall–Kier alpha value is -2.53. The van der Waals surface area contributed by atoms with Gasteiger partial charge in [0.15, 0.2) is 0 Å². The third kappa shape index (κ3) is 7.36. The molecule has 0 N–H and O–H groups in total. The van der Waals surface area contributed by atoms with E-state index in [4.69, 9.17) is 16.7 Å². The number of amides is 1. The molecule has 204 valence electrons. The molecule has 0 bridgehead atoms. The summed E-state index contributed by atoms with van der Waals surface area (Å²) >= 11 is 12.4. The van der Waals surface area contributed by atoms with E-state index >= 15 is 0 Å². The largest absolute Gasteiger partial charge is 0.286 e. The molecule has 7 nitrogen and oxygen atoms in total. The van der Waals surface area contributed by atoms with E-state index in [1.54, 1.807) is 18.2 Å². The average molecular weight is 648 g/mol. The van der Waals surface area contributed by atoms with Crippen molar-refractivity contribution < 1.29 is 9.72 Å². The van der Waals surface area contributed by atoms with Crippen LogP contribution in [0.15, 0.2) is 87.3 Å². The molecular formula is C28H28BrClN4O3S2. The summed E-state index contributed by atoms with van der Waals surface area (Å²) in [4.78, 5) is 25.4. The number of carbonyl (C=O) groups excluding carboxylic acids is 1. The highest BCUT2D eigenvalue weighted by atomic mass is 79.9. The lowest BCUT2D eigenvalue weighted by atomic mass is 9.78. The molecule has 11 heteroatoms. The number of nitro groups is 1. The number of carbonyl (C=O) groups is 1. The lowest BCUT2D eigenvalue weighted by molar-refractivity contribution is -0.387. The third-order valence-electron chi connectivity index (χ3n) is 6.40. The van der Waals surface area contributed by atoms with Gasteiger partial charge in [0.1, 0.15) is 11.4 Å². The first-order valence-electron chi connectivity index (χ1n) is 12.3. The van der Waals surface area contributed by atoms with E-state index in [0.717, 1.165) is 46.3 Å². The lowest BCUT2D eigenvalue weighted by Gasteiger charge is -2.28. The minimum atomic E-state index is -0.435. The molecule has 1 atom stereocenters. The second-order valence-corrected chi connectivity index (χ2v) is 12.7. The van der Waals surface area contributed by atoms with Gasteiger partial charge in [-0.2, -0.15) is 16.9 Å². The minimum Gasteiger partial charge on any atom is -0.286 e. The summed E-state index contributed by atoms with van der Waals surface area (Å²) in [6.07, 6.45) is 4.06. The molecular weight excluding hydrogens is 620 g/mol. The summed E-state index contributed by atoms with van der Waals surface area (Å²) in [7, 11) is 0. The minimum absolute atomic E-state index is 0.0267. The van der Waals surface area contributed by atoms with Gasteiger partial charge < -0.3 is 0 Å². The van der Waals surface area contributed by atoms with Crippen molar-refractivity contribution in [2.75, 3.05) is 29.4 Å². The molecule has 1 aliphatic rings. The Kier molecular flexibility index (Phi) is 9.98. The maximum Gasteiger partial charge on any atom is 0.284 e. The fourth-order valence-electron chi connectivity index (χ4n) is 4.51. The number of nitro benzene ring substituents is 1. The maximum atomic E-state index is 13.8. The van der Waals surface area contributed by atoms with Crippen molar-refractivity contribution in [1.82, 2.24) is 5.01 Å². The number of anilines is 1. The smallest absolute Gasteiger partial charge is 0.284 e. The first-order chi connectivity index (χ1) is 18.7. The molecule has 0 saturated carbocycles. The van der Waals surface area contributed by atoms with Crippen LogP contribution < -0.4 is 4.31 Å². The van der Waals surface area contributed by atoms with Crippen molar-refractivity contribution in [3.8, 4) is 0 Å². The molecule has 3 aromatic carbocycles. The molecule has 39 heavy (non-hydrogen) atoms. The van der Waals surface area contributed by atoms with Gasteiger partial charge in [-0.15, -0.1) is 0 Å². The second-order valence-electron chi connectivity index (χ2n) is 9.42. The Morgan fingerprint density at radius 2 is 1.85 bits per heavy atom. The first-order valence-corrected chi connectivity index (χ1v) is 15.6. The van der Waals surface area contributed by atoms with Crippen molar-refractivity contribution >= 4 is 74.2 Å². The van der Waals surface area contributed by atoms with Crippen LogP contribution in [0.25, 0.3) is 0 Å². The molecule has 1 aliphatic heterocycles. The highest BCUT2D eigenvalue weighted by molar-refractivity contribution is 9.10. The van der Waals surface area contributed by atoms with E-state index in [9.17, 15) is 14.9 Å². The fourth-order valence-corrected chi connectivity index (χ4v) is 6.29. The Morgan fingerprint density at radius 1 is 1.15 bits per heavy atom. The van der Waals surface area contributed by atoms with Crippen LogP contribution in [0.3, 0.4) is 0 Å². The van der Waals surface area contributed by atoms with Crippen molar-refractivity contribution in [2.45, 2.75) is 24.7 Å². The molecule has 0 spiro atoms. The van der Waals surface area contributed by atoms with Gasteiger partial charge in [0.25, 0.3) is 11.6 Å². The zero-order valence-electron chi connectivity index (χ0n) is 21.5. The molecule has 0 fully saturated rings. The lowest BCUT2D eigenvalue weighted by Crippen LogP contribution is -2.37. The average Bonchev–Trinajstić information content (AvgIpc) is 3.24. The molecule has 1 amide bonds. The Bertz CT molecular complexity index is 1360. The second kappa shape index (κ2) is 13.2. The van der Waals surface area contributed by atoms with E-state index in [2.05, 4.69) is 29.1 Å². The summed E-state index contributed by atoms with van der Waals surface area (Å²) in [6, 6.07) is 21.4.